The SMILES string of the molecule is CCCCCCC1C=[N+](c2ccc(OC(F)(F)F)c(CO)c2)N=N1. The lowest BCUT2D eigenvalue weighted by molar-refractivity contribution is -0.444. The van der Waals surface area contributed by atoms with Gasteiger partial charge in [-0.25, -0.2) is 0 Å². The average Bonchev–Trinajstić information content (AvgIpc) is 2.99. The molecule has 0 saturated carbocycles. The summed E-state index contributed by atoms with van der Waals surface area (Å²) in [6.45, 7) is 1.58. The van der Waals surface area contributed by atoms with Gasteiger partial charge in [-0.2, -0.15) is 0 Å². The number of aliphatic hydroxyl groups is 1. The second-order valence-corrected chi connectivity index (χ2v) is 5.61. The second-order valence-electron chi connectivity index (χ2n) is 5.61. The number of nitrogens with zero attached hydrogens (tertiary/aromatic N) is 3. The van der Waals surface area contributed by atoms with Crippen molar-refractivity contribution in [2.24, 2.45) is 10.3 Å². The molecule has 0 spiro atoms. The topological polar surface area (TPSA) is 57.2 Å². The summed E-state index contributed by atoms with van der Waals surface area (Å²) in [5, 5.41) is 17.4. The smallest absolute Gasteiger partial charge is 0.405 e. The van der Waals surface area contributed by atoms with Gasteiger partial charge in [0.25, 0.3) is 0 Å². The number of benzene rings is 1. The van der Waals surface area contributed by atoms with Crippen LogP contribution < -0.4 is 4.74 Å². The van der Waals surface area contributed by atoms with Crippen LogP contribution >= 0.6 is 0 Å². The first-order valence-electron chi connectivity index (χ1n) is 7.97. The molecule has 24 heavy (non-hydrogen) atoms. The maximum absolute atomic E-state index is 12.3. The summed E-state index contributed by atoms with van der Waals surface area (Å²) in [4.78, 5) is 0. The van der Waals surface area contributed by atoms with E-state index in [-0.39, 0.29) is 11.6 Å². The van der Waals surface area contributed by atoms with Gasteiger partial charge in [0, 0.05) is 17.1 Å². The van der Waals surface area contributed by atoms with Gasteiger partial charge in [-0.15, -0.1) is 17.9 Å². The number of unbranched alkanes of at least 4 members (excludes halogenated alkanes) is 3. The molecule has 0 saturated heterocycles. The van der Waals surface area contributed by atoms with E-state index in [9.17, 15) is 18.3 Å². The molecule has 2 rings (SSSR count). The van der Waals surface area contributed by atoms with E-state index in [0.29, 0.717) is 5.69 Å². The van der Waals surface area contributed by atoms with Gasteiger partial charge in [0.1, 0.15) is 17.2 Å². The van der Waals surface area contributed by atoms with Crippen LogP contribution in [0.2, 0.25) is 0 Å². The quantitative estimate of drug-likeness (QED) is 0.557. The molecule has 8 heteroatoms. The molecule has 0 aliphatic carbocycles. The summed E-state index contributed by atoms with van der Waals surface area (Å²) in [5.41, 5.74) is 0.577. The molecule has 1 unspecified atom stereocenters. The fraction of sp³-hybridized carbons (Fsp3) is 0.562. The Kier molecular flexibility index (Phi) is 6.30. The Hall–Kier alpha value is -1.96. The lowest BCUT2D eigenvalue weighted by Gasteiger charge is -2.12. The number of halogens is 3. The lowest BCUT2D eigenvalue weighted by atomic mass is 10.1. The van der Waals surface area contributed by atoms with Crippen LogP contribution in [0.3, 0.4) is 0 Å². The van der Waals surface area contributed by atoms with E-state index in [0.717, 1.165) is 25.7 Å². The van der Waals surface area contributed by atoms with E-state index < -0.39 is 18.7 Å². The van der Waals surface area contributed by atoms with Crippen molar-refractivity contribution in [2.75, 3.05) is 0 Å². The highest BCUT2D eigenvalue weighted by atomic mass is 19.4. The van der Waals surface area contributed by atoms with Crippen molar-refractivity contribution in [3.8, 4) is 5.75 Å². The molecular weight excluding hydrogens is 323 g/mol. The highest BCUT2D eigenvalue weighted by Gasteiger charge is 2.32. The number of ether oxygens (including phenoxy) is 1. The monoisotopic (exact) mass is 344 g/mol. The molecule has 0 radical (unpaired) electrons. The standard InChI is InChI=1S/C16H21F3N3O2/c1-2-3-4-5-6-13-10-22(21-20-13)14-7-8-15(12(9-14)11-23)24-16(17,18)19/h7-10,13,23H,2-6,11H2,1H3/q+1. The molecule has 1 aromatic carbocycles. The Morgan fingerprint density at radius 3 is 2.71 bits per heavy atom. The predicted molar refractivity (Wildman–Crippen MR) is 82.4 cm³/mol. The molecule has 1 aliphatic rings. The van der Waals surface area contributed by atoms with Crippen LogP contribution in [-0.2, 0) is 6.61 Å². The molecule has 1 N–H and O–H groups in total. The first-order chi connectivity index (χ1) is 11.4. The molecule has 0 amide bonds. The highest BCUT2D eigenvalue weighted by molar-refractivity contribution is 5.62. The van der Waals surface area contributed by atoms with Gasteiger partial charge in [-0.1, -0.05) is 26.2 Å². The third-order valence-electron chi connectivity index (χ3n) is 3.67. The zero-order valence-electron chi connectivity index (χ0n) is 13.5. The van der Waals surface area contributed by atoms with E-state index >= 15 is 0 Å². The van der Waals surface area contributed by atoms with Crippen LogP contribution in [0.4, 0.5) is 18.9 Å². The van der Waals surface area contributed by atoms with Crippen molar-refractivity contribution < 1.29 is 27.7 Å². The van der Waals surface area contributed by atoms with Crippen LogP contribution in [0.1, 0.15) is 44.6 Å². The van der Waals surface area contributed by atoms with Gasteiger partial charge in [-0.05, 0) is 24.6 Å². The minimum absolute atomic E-state index is 0.0227. The molecule has 0 aromatic heterocycles. The van der Waals surface area contributed by atoms with Crippen molar-refractivity contribution in [3.05, 3.63) is 23.8 Å². The van der Waals surface area contributed by atoms with E-state index in [2.05, 4.69) is 22.0 Å². The van der Waals surface area contributed by atoms with Crippen LogP contribution in [0.15, 0.2) is 28.5 Å². The van der Waals surface area contributed by atoms with E-state index in [1.807, 2.05) is 6.21 Å². The van der Waals surface area contributed by atoms with E-state index in [1.165, 1.54) is 29.3 Å². The predicted octanol–water partition coefficient (Wildman–Crippen LogP) is 4.51. The molecule has 1 heterocycles. The summed E-state index contributed by atoms with van der Waals surface area (Å²) in [7, 11) is 0. The maximum atomic E-state index is 12.3. The third kappa shape index (κ3) is 5.30. The van der Waals surface area contributed by atoms with Gasteiger partial charge in [0.15, 0.2) is 5.69 Å². The fourth-order valence-corrected chi connectivity index (χ4v) is 2.45. The van der Waals surface area contributed by atoms with E-state index in [1.54, 1.807) is 0 Å². The minimum Gasteiger partial charge on any atom is -0.405 e. The number of hydrogen-bond acceptors (Lipinski definition) is 4. The van der Waals surface area contributed by atoms with Crippen molar-refractivity contribution in [1.29, 1.82) is 0 Å². The number of aliphatic hydroxyl groups excluding tert-OH is 1. The number of hydrogen-bond donors (Lipinski definition) is 1. The average molecular weight is 344 g/mol. The van der Waals surface area contributed by atoms with Crippen LogP contribution in [0, 0.1) is 0 Å². The Morgan fingerprint density at radius 1 is 1.25 bits per heavy atom. The summed E-state index contributed by atoms with van der Waals surface area (Å²) in [6.07, 6.45) is 2.48. The molecule has 0 fully saturated rings. The van der Waals surface area contributed by atoms with Crippen molar-refractivity contribution >= 4 is 11.9 Å². The zero-order chi connectivity index (χ0) is 17.6. The third-order valence-corrected chi connectivity index (χ3v) is 3.67. The molecule has 1 aromatic rings. The number of rotatable bonds is 8. The summed E-state index contributed by atoms with van der Waals surface area (Å²) < 4.78 is 42.4. The van der Waals surface area contributed by atoms with Gasteiger partial charge < -0.3 is 9.84 Å². The van der Waals surface area contributed by atoms with Gasteiger partial charge >= 0.3 is 6.36 Å². The first-order valence-corrected chi connectivity index (χ1v) is 7.97. The molecular formula is C16H21F3N3O2+. The summed E-state index contributed by atoms with van der Waals surface area (Å²) in [5.74, 6) is -0.416. The molecule has 1 aliphatic heterocycles. The molecule has 132 valence electrons. The first kappa shape index (κ1) is 18.4. The highest BCUT2D eigenvalue weighted by Crippen LogP contribution is 2.30. The Morgan fingerprint density at radius 2 is 2.04 bits per heavy atom. The largest absolute Gasteiger partial charge is 0.573 e. The Balaban J connectivity index is 2.06. The minimum atomic E-state index is -4.80. The van der Waals surface area contributed by atoms with Gasteiger partial charge in [0.2, 0.25) is 6.04 Å². The van der Waals surface area contributed by atoms with Crippen LogP contribution in [0.25, 0.3) is 0 Å². The molecule has 0 bridgehead atoms. The van der Waals surface area contributed by atoms with Gasteiger partial charge in [0.05, 0.1) is 6.61 Å². The Bertz CT molecular complexity index is 615. The fourth-order valence-electron chi connectivity index (χ4n) is 2.45. The van der Waals surface area contributed by atoms with Gasteiger partial charge in [-0.3, -0.25) is 0 Å². The van der Waals surface area contributed by atoms with Crippen LogP contribution in [0.5, 0.6) is 5.75 Å². The maximum Gasteiger partial charge on any atom is 0.573 e. The summed E-state index contributed by atoms with van der Waals surface area (Å²) >= 11 is 0. The van der Waals surface area contributed by atoms with Crippen LogP contribution in [-0.4, -0.2) is 28.4 Å². The van der Waals surface area contributed by atoms with Crippen molar-refractivity contribution in [3.63, 3.8) is 0 Å². The summed E-state index contributed by atoms with van der Waals surface area (Å²) in [6, 6.07) is 4.02. The number of alkyl halides is 3. The lowest BCUT2D eigenvalue weighted by Crippen LogP contribution is -2.18. The zero-order valence-corrected chi connectivity index (χ0v) is 13.5. The Labute approximate surface area is 138 Å². The van der Waals surface area contributed by atoms with Crippen molar-refractivity contribution in [2.45, 2.75) is 58.0 Å². The normalized spacial score (nSPS) is 17.2. The molecule has 1 atom stereocenters. The van der Waals surface area contributed by atoms with Crippen molar-refractivity contribution in [1.82, 2.24) is 0 Å². The second kappa shape index (κ2) is 8.23. The van der Waals surface area contributed by atoms with E-state index in [4.69, 9.17) is 0 Å². The molecule has 5 nitrogen and oxygen atoms in total.